The van der Waals surface area contributed by atoms with E-state index in [-0.39, 0.29) is 11.9 Å². The molecule has 0 bridgehead atoms. The molecule has 1 heterocycles. The van der Waals surface area contributed by atoms with Crippen molar-refractivity contribution in [2.45, 2.75) is 32.4 Å². The van der Waals surface area contributed by atoms with E-state index in [0.29, 0.717) is 12.6 Å². The molecule has 0 spiro atoms. The van der Waals surface area contributed by atoms with Crippen LogP contribution in [-0.4, -0.2) is 18.1 Å². The molecule has 2 atom stereocenters. The van der Waals surface area contributed by atoms with Crippen LogP contribution >= 0.6 is 0 Å². The highest BCUT2D eigenvalue weighted by Gasteiger charge is 2.29. The van der Waals surface area contributed by atoms with Gasteiger partial charge in [0.25, 0.3) is 0 Å². The van der Waals surface area contributed by atoms with Crippen molar-refractivity contribution in [3.05, 3.63) is 83.3 Å². The quantitative estimate of drug-likeness (QED) is 0.789. The molecule has 0 N–H and O–H groups in total. The Morgan fingerprint density at radius 1 is 1.12 bits per heavy atom. The number of rotatable bonds is 5. The van der Waals surface area contributed by atoms with Crippen LogP contribution < -0.4 is 5.11 Å². The molecule has 0 aromatic heterocycles. The molecular weight excluding hydrogens is 298 g/mol. The summed E-state index contributed by atoms with van der Waals surface area (Å²) in [6.07, 6.45) is 1.73. The van der Waals surface area contributed by atoms with Crippen LogP contribution in [0.4, 0.5) is 0 Å². The zero-order valence-corrected chi connectivity index (χ0v) is 14.3. The number of fused-ring (bicyclic) bond motifs is 1. The van der Waals surface area contributed by atoms with Crippen LogP contribution in [0.3, 0.4) is 0 Å². The van der Waals surface area contributed by atoms with Crippen molar-refractivity contribution in [1.29, 1.82) is 0 Å². The zero-order valence-electron chi connectivity index (χ0n) is 14.3. The Bertz CT molecular complexity index is 696. The van der Waals surface area contributed by atoms with Gasteiger partial charge in [0.15, 0.2) is 0 Å². The third kappa shape index (κ3) is 3.62. The van der Waals surface area contributed by atoms with Crippen molar-refractivity contribution in [2.24, 2.45) is 0 Å². The van der Waals surface area contributed by atoms with Crippen molar-refractivity contribution in [3.8, 4) is 0 Å². The summed E-state index contributed by atoms with van der Waals surface area (Å²) in [6.45, 7) is 6.19. The van der Waals surface area contributed by atoms with Crippen molar-refractivity contribution in [1.82, 2.24) is 4.90 Å². The number of ether oxygens (including phenoxy) is 1. The van der Waals surface area contributed by atoms with Crippen LogP contribution in [0.25, 0.3) is 0 Å². The number of benzene rings is 2. The second-order valence-electron chi connectivity index (χ2n) is 6.25. The lowest BCUT2D eigenvalue weighted by Gasteiger charge is -2.39. The van der Waals surface area contributed by atoms with E-state index in [4.69, 9.17) is 4.74 Å². The van der Waals surface area contributed by atoms with Gasteiger partial charge in [0, 0.05) is 31.0 Å². The van der Waals surface area contributed by atoms with E-state index in [1.165, 1.54) is 16.7 Å². The van der Waals surface area contributed by atoms with Gasteiger partial charge in [0.1, 0.15) is 0 Å². The van der Waals surface area contributed by atoms with Gasteiger partial charge in [-0.15, -0.1) is 0 Å². The molecule has 2 aromatic carbocycles. The molecular formula is C21H24NO2-. The molecule has 0 unspecified atom stereocenters. The number of nitrogens with zero attached hydrogens (tertiary/aromatic N) is 1. The van der Waals surface area contributed by atoms with Crippen LogP contribution in [0.2, 0.25) is 0 Å². The van der Waals surface area contributed by atoms with Gasteiger partial charge in [-0.3, -0.25) is 4.90 Å². The highest BCUT2D eigenvalue weighted by atomic mass is 16.6. The standard InChI is InChI=1S/C21H25NO2/c1-3-24-21(23)13-18-15-22(14-17-9-5-4-6-10-17)16(2)19-11-7-8-12-20(18)19/h4-13,16,18,23H,3,14-15H2,1-2H3/p-1/b21-13-/t16-,18-/m0/s1. The molecule has 2 aromatic rings. The Kier molecular flexibility index (Phi) is 5.21. The Hall–Kier alpha value is -2.26. The first-order valence-electron chi connectivity index (χ1n) is 8.57. The largest absolute Gasteiger partial charge is 0.614 e. The summed E-state index contributed by atoms with van der Waals surface area (Å²) in [5.74, 6) is -0.160. The van der Waals surface area contributed by atoms with Gasteiger partial charge in [-0.2, -0.15) is 0 Å². The van der Waals surface area contributed by atoms with Gasteiger partial charge in [-0.05, 0) is 30.2 Å². The average Bonchev–Trinajstić information content (AvgIpc) is 2.60. The third-order valence-corrected chi connectivity index (χ3v) is 4.68. The van der Waals surface area contributed by atoms with Gasteiger partial charge < -0.3 is 9.84 Å². The van der Waals surface area contributed by atoms with E-state index in [9.17, 15) is 5.11 Å². The van der Waals surface area contributed by atoms with Crippen molar-refractivity contribution in [2.75, 3.05) is 13.2 Å². The summed E-state index contributed by atoms with van der Waals surface area (Å²) in [5, 5.41) is 12.0. The van der Waals surface area contributed by atoms with Gasteiger partial charge in [0.2, 0.25) is 0 Å². The van der Waals surface area contributed by atoms with E-state index in [1.807, 2.05) is 19.1 Å². The van der Waals surface area contributed by atoms with E-state index in [1.54, 1.807) is 6.08 Å². The van der Waals surface area contributed by atoms with Crippen LogP contribution in [0.5, 0.6) is 0 Å². The molecule has 0 saturated carbocycles. The first-order valence-corrected chi connectivity index (χ1v) is 8.57. The molecule has 3 heteroatoms. The average molecular weight is 322 g/mol. The van der Waals surface area contributed by atoms with Crippen LogP contribution in [0.15, 0.2) is 66.6 Å². The Morgan fingerprint density at radius 3 is 2.50 bits per heavy atom. The molecule has 0 radical (unpaired) electrons. The van der Waals surface area contributed by atoms with Gasteiger partial charge in [0.05, 0.1) is 0 Å². The topological polar surface area (TPSA) is 35.5 Å². The fourth-order valence-electron chi connectivity index (χ4n) is 3.45. The molecule has 1 aliphatic rings. The lowest BCUT2D eigenvalue weighted by Crippen LogP contribution is -2.36. The maximum absolute atomic E-state index is 12.0. The minimum atomic E-state index is -0.230. The fourth-order valence-corrected chi connectivity index (χ4v) is 3.45. The summed E-state index contributed by atoms with van der Waals surface area (Å²) in [5.41, 5.74) is 3.83. The van der Waals surface area contributed by atoms with Crippen LogP contribution in [0, 0.1) is 0 Å². The fraction of sp³-hybridized carbons (Fsp3) is 0.333. The highest BCUT2D eigenvalue weighted by molar-refractivity contribution is 5.38. The second kappa shape index (κ2) is 7.54. The SMILES string of the molecule is CCO/C([O-])=C\[C@H]1CN(Cc2ccccc2)[C@@H](C)c2ccccc21. The maximum Gasteiger partial charge on any atom is 0.0478 e. The molecule has 0 saturated heterocycles. The van der Waals surface area contributed by atoms with E-state index < -0.39 is 0 Å². The van der Waals surface area contributed by atoms with Gasteiger partial charge in [-0.25, -0.2) is 0 Å². The second-order valence-corrected chi connectivity index (χ2v) is 6.25. The van der Waals surface area contributed by atoms with Crippen LogP contribution in [-0.2, 0) is 11.3 Å². The molecule has 3 nitrogen and oxygen atoms in total. The summed E-state index contributed by atoms with van der Waals surface area (Å²) in [7, 11) is 0. The minimum absolute atomic E-state index is 0.0696. The van der Waals surface area contributed by atoms with Crippen molar-refractivity contribution in [3.63, 3.8) is 0 Å². The van der Waals surface area contributed by atoms with Crippen LogP contribution in [0.1, 0.15) is 42.5 Å². The number of hydrogen-bond donors (Lipinski definition) is 0. The lowest BCUT2D eigenvalue weighted by atomic mass is 9.85. The monoisotopic (exact) mass is 322 g/mol. The summed E-state index contributed by atoms with van der Waals surface area (Å²) in [4.78, 5) is 2.43. The van der Waals surface area contributed by atoms with E-state index >= 15 is 0 Å². The maximum atomic E-state index is 12.0. The molecule has 24 heavy (non-hydrogen) atoms. The molecule has 3 rings (SSSR count). The Balaban J connectivity index is 1.89. The Labute approximate surface area is 144 Å². The van der Waals surface area contributed by atoms with Gasteiger partial charge in [-0.1, -0.05) is 67.6 Å². The zero-order chi connectivity index (χ0) is 16.9. The summed E-state index contributed by atoms with van der Waals surface area (Å²) in [6, 6.07) is 19.2. The van der Waals surface area contributed by atoms with E-state index in [0.717, 1.165) is 13.1 Å². The smallest absolute Gasteiger partial charge is 0.0478 e. The summed E-state index contributed by atoms with van der Waals surface area (Å²) < 4.78 is 5.13. The molecule has 0 amide bonds. The molecule has 1 aliphatic heterocycles. The van der Waals surface area contributed by atoms with Gasteiger partial charge >= 0.3 is 0 Å². The molecule has 0 aliphatic carbocycles. The molecule has 126 valence electrons. The normalized spacial score (nSPS) is 21.3. The highest BCUT2D eigenvalue weighted by Crippen LogP contribution is 2.37. The summed E-state index contributed by atoms with van der Waals surface area (Å²) >= 11 is 0. The minimum Gasteiger partial charge on any atom is -0.614 e. The lowest BCUT2D eigenvalue weighted by molar-refractivity contribution is -0.357. The molecule has 0 fully saturated rings. The Morgan fingerprint density at radius 2 is 1.79 bits per heavy atom. The predicted octanol–water partition coefficient (Wildman–Crippen LogP) is 3.59. The van der Waals surface area contributed by atoms with Crippen molar-refractivity contribution < 1.29 is 9.84 Å². The van der Waals surface area contributed by atoms with Crippen molar-refractivity contribution >= 4 is 0 Å². The van der Waals surface area contributed by atoms with E-state index in [2.05, 4.69) is 54.3 Å². The predicted molar refractivity (Wildman–Crippen MR) is 94.2 cm³/mol. The third-order valence-electron chi connectivity index (χ3n) is 4.68. The first kappa shape index (κ1) is 16.6. The number of hydrogen-bond acceptors (Lipinski definition) is 3. The first-order chi connectivity index (χ1) is 11.7.